The average Bonchev–Trinajstić information content (AvgIpc) is 2.43. The number of Topliss-reactive ketones (excluding diaryl/α,β-unsaturated/α-hetero) is 1. The van der Waals surface area contributed by atoms with Crippen LogP contribution in [-0.2, 0) is 4.79 Å². The van der Waals surface area contributed by atoms with Gasteiger partial charge in [-0.25, -0.2) is 4.79 Å². The van der Waals surface area contributed by atoms with Crippen LogP contribution in [0.2, 0.25) is 0 Å². The first-order valence-corrected chi connectivity index (χ1v) is 7.29. The molecular weight excluding hydrogens is 264 g/mol. The predicted octanol–water partition coefficient (Wildman–Crippen LogP) is 3.33. The van der Waals surface area contributed by atoms with Crippen molar-refractivity contribution in [3.63, 3.8) is 0 Å². The minimum atomic E-state index is -0.358. The number of ketones is 1. The Balaban J connectivity index is 1.75. The van der Waals surface area contributed by atoms with E-state index in [1.54, 1.807) is 0 Å². The van der Waals surface area contributed by atoms with Gasteiger partial charge in [0.05, 0.1) is 5.70 Å². The lowest BCUT2D eigenvalue weighted by molar-refractivity contribution is -0.135. The molecule has 2 atom stereocenters. The van der Waals surface area contributed by atoms with E-state index in [2.05, 4.69) is 24.5 Å². The second-order valence-electron chi connectivity index (χ2n) is 6.53. The first-order valence-electron chi connectivity index (χ1n) is 7.29. The fraction of sp³-hybridized carbons (Fsp3) is 0.412. The average molecular weight is 284 g/mol. The van der Waals surface area contributed by atoms with Gasteiger partial charge < -0.3 is 10.6 Å². The molecule has 1 fully saturated rings. The van der Waals surface area contributed by atoms with Crippen molar-refractivity contribution >= 4 is 17.5 Å². The number of urea groups is 1. The van der Waals surface area contributed by atoms with E-state index in [1.807, 2.05) is 37.3 Å². The van der Waals surface area contributed by atoms with Crippen LogP contribution in [0.15, 0.2) is 41.6 Å². The lowest BCUT2D eigenvalue weighted by atomic mass is 9.48. The van der Waals surface area contributed by atoms with Gasteiger partial charge in [-0.1, -0.05) is 32.0 Å². The van der Waals surface area contributed by atoms with Gasteiger partial charge in [-0.05, 0) is 42.4 Å². The van der Waals surface area contributed by atoms with Crippen molar-refractivity contribution in [2.75, 3.05) is 5.32 Å². The maximum atomic E-state index is 12.5. The van der Waals surface area contributed by atoms with Crippen LogP contribution in [0.4, 0.5) is 10.5 Å². The van der Waals surface area contributed by atoms with Crippen molar-refractivity contribution in [2.24, 2.45) is 17.3 Å². The molecule has 0 aliphatic heterocycles. The molecule has 0 heterocycles. The smallest absolute Gasteiger partial charge is 0.308 e. The van der Waals surface area contributed by atoms with Crippen LogP contribution in [-0.4, -0.2) is 11.8 Å². The van der Waals surface area contributed by atoms with Gasteiger partial charge in [0.1, 0.15) is 0 Å². The van der Waals surface area contributed by atoms with E-state index in [4.69, 9.17) is 0 Å². The third kappa shape index (κ3) is 2.15. The molecule has 1 saturated carbocycles. The number of allylic oxidation sites excluding steroid dienone is 2. The third-order valence-electron chi connectivity index (χ3n) is 5.02. The van der Waals surface area contributed by atoms with E-state index in [-0.39, 0.29) is 23.1 Å². The van der Waals surface area contributed by atoms with Crippen molar-refractivity contribution < 1.29 is 9.59 Å². The highest BCUT2D eigenvalue weighted by molar-refractivity contribution is 6.05. The molecule has 110 valence electrons. The van der Waals surface area contributed by atoms with Gasteiger partial charge >= 0.3 is 6.03 Å². The van der Waals surface area contributed by atoms with Crippen LogP contribution in [0.3, 0.4) is 0 Å². The molecule has 1 aromatic rings. The zero-order chi connectivity index (χ0) is 15.2. The van der Waals surface area contributed by atoms with Crippen molar-refractivity contribution in [1.82, 2.24) is 5.32 Å². The normalized spacial score (nSPS) is 26.1. The molecule has 0 spiro atoms. The number of rotatable bonds is 2. The van der Waals surface area contributed by atoms with E-state index < -0.39 is 0 Å². The molecule has 0 saturated heterocycles. The molecule has 2 amide bonds. The quantitative estimate of drug-likeness (QED) is 0.875. The number of fused-ring (bicyclic) bond motifs is 1. The Bertz CT molecular complexity index is 631. The van der Waals surface area contributed by atoms with E-state index in [0.717, 1.165) is 12.0 Å². The molecule has 3 aliphatic rings. The minimum Gasteiger partial charge on any atom is -0.308 e. The molecule has 0 aromatic heterocycles. The Morgan fingerprint density at radius 3 is 2.38 bits per heavy atom. The molecule has 1 aromatic carbocycles. The fourth-order valence-corrected chi connectivity index (χ4v) is 3.61. The minimum absolute atomic E-state index is 0.0300. The Hall–Kier alpha value is -2.10. The lowest BCUT2D eigenvalue weighted by Gasteiger charge is -2.55. The summed E-state index contributed by atoms with van der Waals surface area (Å²) in [5.74, 6) is 0.508. The van der Waals surface area contributed by atoms with Gasteiger partial charge in [0.25, 0.3) is 0 Å². The number of nitrogens with one attached hydrogen (secondary N) is 2. The van der Waals surface area contributed by atoms with Crippen molar-refractivity contribution in [1.29, 1.82) is 0 Å². The van der Waals surface area contributed by atoms with Crippen LogP contribution in [0, 0.1) is 17.3 Å². The van der Waals surface area contributed by atoms with Gasteiger partial charge in [-0.15, -0.1) is 0 Å². The van der Waals surface area contributed by atoms with E-state index in [1.165, 1.54) is 0 Å². The van der Waals surface area contributed by atoms with Crippen molar-refractivity contribution in [3.8, 4) is 0 Å². The molecule has 1 unspecified atom stereocenters. The number of hydrogen-bond donors (Lipinski definition) is 2. The van der Waals surface area contributed by atoms with Crippen molar-refractivity contribution in [2.45, 2.75) is 27.2 Å². The summed E-state index contributed by atoms with van der Waals surface area (Å²) in [5.41, 5.74) is 2.24. The number of amides is 2. The molecule has 2 N–H and O–H groups in total. The monoisotopic (exact) mass is 284 g/mol. The summed E-state index contributed by atoms with van der Waals surface area (Å²) >= 11 is 0. The Morgan fingerprint density at radius 1 is 1.14 bits per heavy atom. The Labute approximate surface area is 124 Å². The highest BCUT2D eigenvalue weighted by Gasteiger charge is 2.57. The van der Waals surface area contributed by atoms with Crippen molar-refractivity contribution in [3.05, 3.63) is 41.6 Å². The number of benzene rings is 1. The van der Waals surface area contributed by atoms with E-state index >= 15 is 0 Å². The number of carbonyl (C=O) groups is 2. The van der Waals surface area contributed by atoms with Gasteiger partial charge in [-0.2, -0.15) is 0 Å². The first kappa shape index (κ1) is 13.9. The maximum absolute atomic E-state index is 12.5. The molecule has 3 aliphatic carbocycles. The van der Waals surface area contributed by atoms with Gasteiger partial charge in [0.2, 0.25) is 0 Å². The van der Waals surface area contributed by atoms with E-state index in [9.17, 15) is 9.59 Å². The Morgan fingerprint density at radius 2 is 1.81 bits per heavy atom. The number of anilines is 1. The van der Waals surface area contributed by atoms with Gasteiger partial charge in [0.15, 0.2) is 5.78 Å². The van der Waals surface area contributed by atoms with Gasteiger partial charge in [0, 0.05) is 11.6 Å². The first-order chi connectivity index (χ1) is 9.91. The SMILES string of the molecule is CC1=C(NC(=O)Nc2ccccc2)C(=O)C2C[C@H]1C2(C)C. The van der Waals surface area contributed by atoms with E-state index in [0.29, 0.717) is 17.3 Å². The molecule has 4 rings (SSSR count). The molecule has 21 heavy (non-hydrogen) atoms. The second kappa shape index (κ2) is 4.72. The number of para-hydroxylation sites is 1. The number of hydrogen-bond acceptors (Lipinski definition) is 2. The lowest BCUT2D eigenvalue weighted by Crippen LogP contribution is -2.56. The molecule has 4 heteroatoms. The summed E-state index contributed by atoms with van der Waals surface area (Å²) < 4.78 is 0. The van der Waals surface area contributed by atoms with Crippen LogP contribution in [0.1, 0.15) is 27.2 Å². The van der Waals surface area contributed by atoms with Crippen LogP contribution in [0.5, 0.6) is 0 Å². The summed E-state index contributed by atoms with van der Waals surface area (Å²) in [5, 5.41) is 5.49. The van der Waals surface area contributed by atoms with Gasteiger partial charge in [-0.3, -0.25) is 4.79 Å². The summed E-state index contributed by atoms with van der Waals surface area (Å²) in [6.07, 6.45) is 0.920. The summed E-state index contributed by atoms with van der Waals surface area (Å²) in [7, 11) is 0. The molecule has 4 nitrogen and oxygen atoms in total. The number of carbonyl (C=O) groups excluding carboxylic acids is 2. The zero-order valence-corrected chi connectivity index (χ0v) is 12.6. The summed E-state index contributed by atoms with van der Waals surface area (Å²) in [6, 6.07) is 8.85. The second-order valence-corrected chi connectivity index (χ2v) is 6.53. The Kier molecular flexibility index (Phi) is 3.12. The largest absolute Gasteiger partial charge is 0.323 e. The predicted molar refractivity (Wildman–Crippen MR) is 81.7 cm³/mol. The third-order valence-corrected chi connectivity index (χ3v) is 5.02. The maximum Gasteiger partial charge on any atom is 0.323 e. The van der Waals surface area contributed by atoms with Crippen LogP contribution < -0.4 is 10.6 Å². The standard InChI is InChI=1S/C17H20N2O2/c1-10-12-9-13(17(12,2)3)15(20)14(10)19-16(21)18-11-7-5-4-6-8-11/h4-8,12-13H,9H2,1-3H3,(H2,18,19,21)/t12-,13?/m1/s1. The summed E-state index contributed by atoms with van der Waals surface area (Å²) in [6.45, 7) is 6.22. The fourth-order valence-electron chi connectivity index (χ4n) is 3.61. The van der Waals surface area contributed by atoms with Crippen LogP contribution >= 0.6 is 0 Å². The zero-order valence-electron chi connectivity index (χ0n) is 12.6. The van der Waals surface area contributed by atoms with Crippen LogP contribution in [0.25, 0.3) is 0 Å². The highest BCUT2D eigenvalue weighted by Crippen LogP contribution is 2.58. The highest BCUT2D eigenvalue weighted by atomic mass is 16.2. The molecule has 0 radical (unpaired) electrons. The summed E-state index contributed by atoms with van der Waals surface area (Å²) in [4.78, 5) is 24.5. The molecular formula is C17H20N2O2. The molecule has 2 bridgehead atoms. The topological polar surface area (TPSA) is 58.2 Å².